The summed E-state index contributed by atoms with van der Waals surface area (Å²) in [6, 6.07) is 16.5. The lowest BCUT2D eigenvalue weighted by Crippen LogP contribution is -2.18. The molecule has 2 aromatic carbocycles. The first-order valence-corrected chi connectivity index (χ1v) is 7.64. The van der Waals surface area contributed by atoms with Crippen LogP contribution in [0.25, 0.3) is 0 Å². The lowest BCUT2D eigenvalue weighted by molar-refractivity contribution is -0.113. The maximum atomic E-state index is 11.4. The largest absolute Gasteiger partial charge is 0.385 e. The van der Waals surface area contributed by atoms with Gasteiger partial charge in [-0.05, 0) is 30.2 Å². The van der Waals surface area contributed by atoms with Gasteiger partial charge in [-0.2, -0.15) is 0 Å². The minimum atomic E-state index is 0.0731. The molecule has 20 heavy (non-hydrogen) atoms. The minimum absolute atomic E-state index is 0.0731. The van der Waals surface area contributed by atoms with Gasteiger partial charge in [0.2, 0.25) is 5.91 Å². The van der Waals surface area contributed by atoms with Crippen molar-refractivity contribution in [1.29, 1.82) is 0 Å². The number of thioether (sulfide) groups is 1. The van der Waals surface area contributed by atoms with Crippen molar-refractivity contribution in [2.45, 2.75) is 11.3 Å². The number of anilines is 2. The summed E-state index contributed by atoms with van der Waals surface area (Å²) in [6.45, 7) is 0.879. The van der Waals surface area contributed by atoms with Crippen LogP contribution in [0.4, 0.5) is 11.4 Å². The summed E-state index contributed by atoms with van der Waals surface area (Å²) in [7, 11) is 0. The Balaban J connectivity index is 1.61. The van der Waals surface area contributed by atoms with E-state index in [9.17, 15) is 4.79 Å². The van der Waals surface area contributed by atoms with Gasteiger partial charge in [-0.1, -0.05) is 30.3 Å². The number of hydrogen-bond donors (Lipinski definition) is 2. The zero-order chi connectivity index (χ0) is 13.8. The molecule has 3 rings (SSSR count). The van der Waals surface area contributed by atoms with Crippen LogP contribution in [-0.2, 0) is 11.2 Å². The van der Waals surface area contributed by atoms with E-state index in [4.69, 9.17) is 0 Å². The molecule has 1 amide bonds. The second kappa shape index (κ2) is 6.01. The fourth-order valence-corrected chi connectivity index (χ4v) is 2.98. The minimum Gasteiger partial charge on any atom is -0.385 e. The van der Waals surface area contributed by atoms with Gasteiger partial charge < -0.3 is 10.6 Å². The van der Waals surface area contributed by atoms with E-state index in [0.29, 0.717) is 5.75 Å². The maximum Gasteiger partial charge on any atom is 0.234 e. The molecule has 0 spiro atoms. The van der Waals surface area contributed by atoms with Crippen LogP contribution >= 0.6 is 11.8 Å². The summed E-state index contributed by atoms with van der Waals surface area (Å²) in [6.07, 6.45) is 0.985. The van der Waals surface area contributed by atoms with Gasteiger partial charge in [-0.15, -0.1) is 11.8 Å². The molecule has 0 saturated carbocycles. The molecule has 3 nitrogen and oxygen atoms in total. The van der Waals surface area contributed by atoms with Crippen molar-refractivity contribution >= 4 is 29.0 Å². The molecule has 4 heteroatoms. The Morgan fingerprint density at radius 2 is 2.00 bits per heavy atom. The van der Waals surface area contributed by atoms with Crippen LogP contribution < -0.4 is 10.6 Å². The van der Waals surface area contributed by atoms with Gasteiger partial charge in [0.15, 0.2) is 0 Å². The molecule has 1 aliphatic rings. The van der Waals surface area contributed by atoms with Crippen LogP contribution in [0.5, 0.6) is 0 Å². The SMILES string of the molecule is O=C1CSc2ccc(NCCc3ccccc3)cc2N1. The molecule has 1 heterocycles. The molecule has 102 valence electrons. The molecule has 0 atom stereocenters. The number of carbonyl (C=O) groups is 1. The Hall–Kier alpha value is -1.94. The summed E-state index contributed by atoms with van der Waals surface area (Å²) < 4.78 is 0. The zero-order valence-corrected chi connectivity index (χ0v) is 11.9. The van der Waals surface area contributed by atoms with Crippen molar-refractivity contribution in [1.82, 2.24) is 0 Å². The van der Waals surface area contributed by atoms with E-state index in [2.05, 4.69) is 47.0 Å². The maximum absolute atomic E-state index is 11.4. The van der Waals surface area contributed by atoms with Gasteiger partial charge in [-0.3, -0.25) is 4.79 Å². The van der Waals surface area contributed by atoms with Gasteiger partial charge in [0.25, 0.3) is 0 Å². The standard InChI is InChI=1S/C16H16N2OS/c19-16-11-20-15-7-6-13(10-14(15)18-16)17-9-8-12-4-2-1-3-5-12/h1-7,10,17H,8-9,11H2,(H,18,19). The number of nitrogens with one attached hydrogen (secondary N) is 2. The van der Waals surface area contributed by atoms with Gasteiger partial charge in [-0.25, -0.2) is 0 Å². The third-order valence-electron chi connectivity index (χ3n) is 3.20. The Labute approximate surface area is 122 Å². The molecule has 0 fully saturated rings. The predicted molar refractivity (Wildman–Crippen MR) is 84.4 cm³/mol. The van der Waals surface area contributed by atoms with Gasteiger partial charge in [0.05, 0.1) is 11.4 Å². The highest BCUT2D eigenvalue weighted by Gasteiger charge is 2.15. The molecule has 1 aliphatic heterocycles. The fraction of sp³-hybridized carbons (Fsp3) is 0.188. The van der Waals surface area contributed by atoms with Crippen molar-refractivity contribution in [3.63, 3.8) is 0 Å². The molecule has 0 unspecified atom stereocenters. The lowest BCUT2D eigenvalue weighted by atomic mass is 10.1. The number of benzene rings is 2. The van der Waals surface area contributed by atoms with Crippen LogP contribution in [0.3, 0.4) is 0 Å². The first kappa shape index (κ1) is 13.1. The van der Waals surface area contributed by atoms with Crippen LogP contribution in [0.1, 0.15) is 5.56 Å². The van der Waals surface area contributed by atoms with Gasteiger partial charge in [0.1, 0.15) is 0 Å². The zero-order valence-electron chi connectivity index (χ0n) is 11.1. The summed E-state index contributed by atoms with van der Waals surface area (Å²) in [5, 5.41) is 6.31. The average Bonchev–Trinajstić information content (AvgIpc) is 2.48. The highest BCUT2D eigenvalue weighted by molar-refractivity contribution is 8.00. The summed E-state index contributed by atoms with van der Waals surface area (Å²) in [5.74, 6) is 0.581. The van der Waals surface area contributed by atoms with Gasteiger partial charge >= 0.3 is 0 Å². The molecular weight excluding hydrogens is 268 g/mol. The van der Waals surface area contributed by atoms with Crippen molar-refractivity contribution in [3.8, 4) is 0 Å². The molecule has 0 saturated heterocycles. The number of rotatable bonds is 4. The molecule has 0 aliphatic carbocycles. The second-order valence-corrected chi connectivity index (χ2v) is 5.73. The van der Waals surface area contributed by atoms with Gasteiger partial charge in [0, 0.05) is 17.1 Å². The van der Waals surface area contributed by atoms with E-state index in [1.807, 2.05) is 12.1 Å². The highest BCUT2D eigenvalue weighted by Crippen LogP contribution is 2.33. The third kappa shape index (κ3) is 3.14. The van der Waals surface area contributed by atoms with Crippen LogP contribution in [0, 0.1) is 0 Å². The number of carbonyl (C=O) groups excluding carboxylic acids is 1. The number of hydrogen-bond acceptors (Lipinski definition) is 3. The van der Waals surface area contributed by atoms with E-state index in [1.54, 1.807) is 11.8 Å². The summed E-state index contributed by atoms with van der Waals surface area (Å²) >= 11 is 1.59. The Bertz CT molecular complexity index is 613. The van der Waals surface area contributed by atoms with Crippen molar-refractivity contribution in [2.75, 3.05) is 22.9 Å². The summed E-state index contributed by atoms with van der Waals surface area (Å²) in [5.41, 5.74) is 3.28. The van der Waals surface area contributed by atoms with E-state index >= 15 is 0 Å². The number of fused-ring (bicyclic) bond motifs is 1. The van der Waals surface area contributed by atoms with Crippen LogP contribution in [0.15, 0.2) is 53.4 Å². The van der Waals surface area contributed by atoms with Crippen molar-refractivity contribution in [2.24, 2.45) is 0 Å². The van der Waals surface area contributed by atoms with Crippen LogP contribution in [0.2, 0.25) is 0 Å². The molecule has 2 N–H and O–H groups in total. The summed E-state index contributed by atoms with van der Waals surface area (Å²) in [4.78, 5) is 12.5. The highest BCUT2D eigenvalue weighted by atomic mass is 32.2. The first-order chi connectivity index (χ1) is 9.81. The van der Waals surface area contributed by atoms with Crippen LogP contribution in [-0.4, -0.2) is 18.2 Å². The normalized spacial score (nSPS) is 13.5. The van der Waals surface area contributed by atoms with E-state index in [-0.39, 0.29) is 5.91 Å². The van der Waals surface area contributed by atoms with Crippen molar-refractivity contribution in [3.05, 3.63) is 54.1 Å². The Morgan fingerprint density at radius 1 is 1.15 bits per heavy atom. The molecule has 0 aromatic heterocycles. The Kier molecular flexibility index (Phi) is 3.92. The molecular formula is C16H16N2OS. The smallest absolute Gasteiger partial charge is 0.234 e. The predicted octanol–water partition coefficient (Wildman–Crippen LogP) is 3.39. The topological polar surface area (TPSA) is 41.1 Å². The van der Waals surface area contributed by atoms with E-state index in [0.717, 1.165) is 29.2 Å². The lowest BCUT2D eigenvalue weighted by Gasteiger charge is -2.17. The second-order valence-electron chi connectivity index (χ2n) is 4.71. The third-order valence-corrected chi connectivity index (χ3v) is 4.27. The molecule has 0 radical (unpaired) electrons. The molecule has 2 aromatic rings. The first-order valence-electron chi connectivity index (χ1n) is 6.66. The van der Waals surface area contributed by atoms with E-state index < -0.39 is 0 Å². The fourth-order valence-electron chi connectivity index (χ4n) is 2.19. The average molecular weight is 284 g/mol. The monoisotopic (exact) mass is 284 g/mol. The quantitative estimate of drug-likeness (QED) is 0.904. The number of amides is 1. The van der Waals surface area contributed by atoms with Crippen molar-refractivity contribution < 1.29 is 4.79 Å². The Morgan fingerprint density at radius 3 is 2.85 bits per heavy atom. The molecule has 0 bridgehead atoms. The van der Waals surface area contributed by atoms with E-state index in [1.165, 1.54) is 5.56 Å².